The van der Waals surface area contributed by atoms with Gasteiger partial charge in [-0.3, -0.25) is 9.80 Å². The summed E-state index contributed by atoms with van der Waals surface area (Å²) in [6.07, 6.45) is 9.96. The van der Waals surface area contributed by atoms with Crippen molar-refractivity contribution in [3.63, 3.8) is 0 Å². The predicted molar refractivity (Wildman–Crippen MR) is 104 cm³/mol. The van der Waals surface area contributed by atoms with Gasteiger partial charge in [-0.2, -0.15) is 5.10 Å². The van der Waals surface area contributed by atoms with E-state index in [-0.39, 0.29) is 0 Å². The van der Waals surface area contributed by atoms with Gasteiger partial charge >= 0.3 is 0 Å². The van der Waals surface area contributed by atoms with Gasteiger partial charge in [-0.25, -0.2) is 9.50 Å². The van der Waals surface area contributed by atoms with Crippen LogP contribution in [0, 0.1) is 5.41 Å². The lowest BCUT2D eigenvalue weighted by Gasteiger charge is -2.34. The lowest BCUT2D eigenvalue weighted by molar-refractivity contribution is 0.140. The third kappa shape index (κ3) is 2.96. The van der Waals surface area contributed by atoms with Gasteiger partial charge < -0.3 is 0 Å². The van der Waals surface area contributed by atoms with Crippen LogP contribution in [0.5, 0.6) is 0 Å². The molecule has 0 amide bonds. The zero-order valence-corrected chi connectivity index (χ0v) is 16.0. The molecule has 4 heterocycles. The van der Waals surface area contributed by atoms with Crippen LogP contribution < -0.4 is 0 Å². The topological polar surface area (TPSA) is 36.7 Å². The van der Waals surface area contributed by atoms with E-state index in [1.807, 2.05) is 29.2 Å². The smallest absolute Gasteiger partial charge is 0.107 e. The molecular weight excluding hydrogens is 342 g/mol. The molecule has 5 rings (SSSR count). The molecular formula is C20H25N5S. The van der Waals surface area contributed by atoms with Crippen LogP contribution in [0.3, 0.4) is 0 Å². The molecule has 136 valence electrons. The maximum Gasteiger partial charge on any atom is 0.107 e. The van der Waals surface area contributed by atoms with Gasteiger partial charge in [0.15, 0.2) is 0 Å². The van der Waals surface area contributed by atoms with Crippen molar-refractivity contribution < 1.29 is 0 Å². The van der Waals surface area contributed by atoms with Crippen molar-refractivity contribution in [1.82, 2.24) is 24.4 Å². The Bertz CT molecular complexity index is 879. The zero-order valence-electron chi connectivity index (χ0n) is 15.2. The summed E-state index contributed by atoms with van der Waals surface area (Å²) in [7, 11) is 2.27. The minimum Gasteiger partial charge on any atom is -0.299 e. The fourth-order valence-corrected chi connectivity index (χ4v) is 5.33. The number of aromatic nitrogens is 3. The largest absolute Gasteiger partial charge is 0.299 e. The first-order chi connectivity index (χ1) is 12.7. The van der Waals surface area contributed by atoms with Crippen LogP contribution in [0.25, 0.3) is 5.52 Å². The van der Waals surface area contributed by atoms with Crippen LogP contribution in [0.1, 0.15) is 29.8 Å². The van der Waals surface area contributed by atoms with E-state index >= 15 is 0 Å². The molecule has 1 atom stereocenters. The lowest BCUT2D eigenvalue weighted by Crippen LogP contribution is -2.37. The molecule has 0 bridgehead atoms. The van der Waals surface area contributed by atoms with Crippen molar-refractivity contribution in [2.75, 3.05) is 20.1 Å². The van der Waals surface area contributed by atoms with Crippen LogP contribution in [0.15, 0.2) is 42.2 Å². The van der Waals surface area contributed by atoms with Crippen LogP contribution >= 0.6 is 11.3 Å². The standard InChI is InChI=1S/C20H25N5S/c1-23(15-19-21-7-11-26-19)18-12-20(18)5-9-24(10-6-20)14-16-13-22-25-8-3-2-4-17(16)25/h2-4,7-8,11,13,18H,5-6,9-10,12,14-15H2,1H3. The molecule has 1 unspecified atom stereocenters. The van der Waals surface area contributed by atoms with E-state index in [9.17, 15) is 0 Å². The second-order valence-electron chi connectivity index (χ2n) is 7.90. The average Bonchev–Trinajstić information content (AvgIpc) is 3.00. The maximum absolute atomic E-state index is 4.47. The number of nitrogens with zero attached hydrogens (tertiary/aromatic N) is 5. The minimum absolute atomic E-state index is 0.559. The summed E-state index contributed by atoms with van der Waals surface area (Å²) >= 11 is 1.77. The minimum atomic E-state index is 0.559. The predicted octanol–water partition coefficient (Wildman–Crippen LogP) is 3.28. The Labute approximate surface area is 158 Å². The van der Waals surface area contributed by atoms with Crippen molar-refractivity contribution in [1.29, 1.82) is 0 Å². The second kappa shape index (κ2) is 6.44. The number of fused-ring (bicyclic) bond motifs is 1. The highest BCUT2D eigenvalue weighted by Crippen LogP contribution is 2.56. The van der Waals surface area contributed by atoms with Gasteiger partial charge in [-0.05, 0) is 56.9 Å². The number of hydrogen-bond acceptors (Lipinski definition) is 5. The van der Waals surface area contributed by atoms with Crippen LogP contribution in [0.2, 0.25) is 0 Å². The second-order valence-corrected chi connectivity index (χ2v) is 8.88. The van der Waals surface area contributed by atoms with E-state index < -0.39 is 0 Å². The van der Waals surface area contributed by atoms with Gasteiger partial charge in [0.05, 0.1) is 18.3 Å². The summed E-state index contributed by atoms with van der Waals surface area (Å²) in [5, 5.41) is 7.78. The first-order valence-electron chi connectivity index (χ1n) is 9.46. The van der Waals surface area contributed by atoms with Crippen molar-refractivity contribution in [3.05, 3.63) is 52.7 Å². The Morgan fingerprint density at radius 2 is 2.19 bits per heavy atom. The van der Waals surface area contributed by atoms with Gasteiger partial charge in [0.2, 0.25) is 0 Å². The summed E-state index contributed by atoms with van der Waals surface area (Å²) < 4.78 is 1.98. The highest BCUT2D eigenvalue weighted by atomic mass is 32.1. The van der Waals surface area contributed by atoms with Crippen molar-refractivity contribution >= 4 is 16.9 Å². The van der Waals surface area contributed by atoms with Crippen molar-refractivity contribution in [2.24, 2.45) is 5.41 Å². The Kier molecular flexibility index (Phi) is 4.07. The maximum atomic E-state index is 4.47. The third-order valence-corrected chi connectivity index (χ3v) is 7.06. The number of likely N-dealkylation sites (tertiary alicyclic amines) is 1. The summed E-state index contributed by atoms with van der Waals surface area (Å²) in [6.45, 7) is 4.41. The molecule has 3 aromatic rings. The molecule has 1 saturated carbocycles. The molecule has 2 aliphatic rings. The van der Waals surface area contributed by atoms with Crippen LogP contribution in [0.4, 0.5) is 0 Å². The quantitative estimate of drug-likeness (QED) is 0.693. The fraction of sp³-hybridized carbons (Fsp3) is 0.500. The Morgan fingerprint density at radius 1 is 1.31 bits per heavy atom. The van der Waals surface area contributed by atoms with Crippen LogP contribution in [-0.4, -0.2) is 50.6 Å². The molecule has 5 nitrogen and oxygen atoms in total. The molecule has 6 heteroatoms. The SMILES string of the molecule is CN(Cc1nccs1)C1CC12CCN(Cc1cnn3ccccc13)CC2. The van der Waals surface area contributed by atoms with Gasteiger partial charge in [-0.1, -0.05) is 6.07 Å². The molecule has 26 heavy (non-hydrogen) atoms. The number of pyridine rings is 1. The van der Waals surface area contributed by atoms with E-state index in [0.29, 0.717) is 5.41 Å². The van der Waals surface area contributed by atoms with Crippen molar-refractivity contribution in [2.45, 2.75) is 38.4 Å². The lowest BCUT2D eigenvalue weighted by atomic mass is 9.92. The molecule has 1 aliphatic heterocycles. The summed E-state index contributed by atoms with van der Waals surface area (Å²) in [6, 6.07) is 7.03. The number of piperidine rings is 1. The van der Waals surface area contributed by atoms with E-state index in [2.05, 4.69) is 44.4 Å². The molecule has 2 fully saturated rings. The van der Waals surface area contributed by atoms with Crippen LogP contribution in [-0.2, 0) is 13.1 Å². The molecule has 1 saturated heterocycles. The van der Waals surface area contributed by atoms with E-state index in [1.165, 1.54) is 48.4 Å². The van der Waals surface area contributed by atoms with Gasteiger partial charge in [-0.15, -0.1) is 11.3 Å². The average molecular weight is 368 g/mol. The summed E-state index contributed by atoms with van der Waals surface area (Å²) in [5.74, 6) is 0. The number of rotatable bonds is 5. The first kappa shape index (κ1) is 16.4. The number of hydrogen-bond donors (Lipinski definition) is 0. The Balaban J connectivity index is 1.18. The monoisotopic (exact) mass is 367 g/mol. The molecule has 0 aromatic carbocycles. The highest BCUT2D eigenvalue weighted by Gasteiger charge is 2.56. The fourth-order valence-electron chi connectivity index (χ4n) is 4.65. The molecule has 0 radical (unpaired) electrons. The third-order valence-electron chi connectivity index (χ3n) is 6.30. The first-order valence-corrected chi connectivity index (χ1v) is 10.3. The molecule has 0 N–H and O–H groups in total. The molecule has 3 aromatic heterocycles. The highest BCUT2D eigenvalue weighted by molar-refractivity contribution is 7.09. The Morgan fingerprint density at radius 3 is 3.00 bits per heavy atom. The van der Waals surface area contributed by atoms with Gasteiger partial charge in [0, 0.05) is 35.9 Å². The zero-order chi connectivity index (χ0) is 17.6. The van der Waals surface area contributed by atoms with E-state index in [0.717, 1.165) is 19.1 Å². The van der Waals surface area contributed by atoms with E-state index in [4.69, 9.17) is 0 Å². The Hall–Kier alpha value is -1.76. The van der Waals surface area contributed by atoms with Crippen molar-refractivity contribution in [3.8, 4) is 0 Å². The van der Waals surface area contributed by atoms with Gasteiger partial charge in [0.1, 0.15) is 5.01 Å². The normalized spacial score (nSPS) is 22.5. The number of thiazole rings is 1. The van der Waals surface area contributed by atoms with Gasteiger partial charge in [0.25, 0.3) is 0 Å². The summed E-state index contributed by atoms with van der Waals surface area (Å²) in [5.41, 5.74) is 3.14. The van der Waals surface area contributed by atoms with E-state index in [1.54, 1.807) is 11.3 Å². The summed E-state index contributed by atoms with van der Waals surface area (Å²) in [4.78, 5) is 9.57. The molecule has 1 aliphatic carbocycles. The molecule has 1 spiro atoms.